The number of amides is 2. The van der Waals surface area contributed by atoms with Gasteiger partial charge in [0.2, 0.25) is 5.91 Å². The van der Waals surface area contributed by atoms with Crippen LogP contribution in [0.4, 0.5) is 10.5 Å². The first-order valence-corrected chi connectivity index (χ1v) is 10.3. The molecule has 2 amide bonds. The molecule has 1 unspecified atom stereocenters. The van der Waals surface area contributed by atoms with E-state index in [-0.39, 0.29) is 37.0 Å². The normalized spacial score (nSPS) is 20.3. The van der Waals surface area contributed by atoms with Gasteiger partial charge in [-0.2, -0.15) is 0 Å². The molecule has 2 N–H and O–H groups in total. The largest absolute Gasteiger partial charge is 0.468 e. The van der Waals surface area contributed by atoms with E-state index in [1.165, 1.54) is 14.2 Å². The van der Waals surface area contributed by atoms with Crippen molar-refractivity contribution in [3.8, 4) is 0 Å². The van der Waals surface area contributed by atoms with Crippen molar-refractivity contribution in [2.45, 2.75) is 25.4 Å². The predicted octanol–water partition coefficient (Wildman–Crippen LogP) is 1.00. The number of piperazine rings is 1. The Hall–Kier alpha value is -2.98. The summed E-state index contributed by atoms with van der Waals surface area (Å²) in [6, 6.07) is 6.90. The van der Waals surface area contributed by atoms with E-state index in [1.807, 2.05) is 0 Å². The Balaban J connectivity index is 1.62. The van der Waals surface area contributed by atoms with Gasteiger partial charge in [0.1, 0.15) is 5.84 Å². The van der Waals surface area contributed by atoms with Crippen LogP contribution in [0.2, 0.25) is 0 Å². The highest BCUT2D eigenvalue weighted by atomic mass is 16.5. The zero-order valence-corrected chi connectivity index (χ0v) is 17.9. The summed E-state index contributed by atoms with van der Waals surface area (Å²) >= 11 is 0. The summed E-state index contributed by atoms with van der Waals surface area (Å²) < 4.78 is 9.31. The summed E-state index contributed by atoms with van der Waals surface area (Å²) in [5.74, 6) is -0.341. The number of ether oxygens (including phenoxy) is 2. The van der Waals surface area contributed by atoms with E-state index in [4.69, 9.17) is 10.1 Å². The third-order valence-corrected chi connectivity index (χ3v) is 5.69. The van der Waals surface area contributed by atoms with Gasteiger partial charge in [0.05, 0.1) is 33.5 Å². The van der Waals surface area contributed by atoms with Crippen LogP contribution in [-0.2, 0) is 19.1 Å². The van der Waals surface area contributed by atoms with Crippen LogP contribution in [0.1, 0.15) is 24.8 Å². The number of anilines is 1. The second kappa shape index (κ2) is 10.4. The maximum absolute atomic E-state index is 12.9. The number of methoxy groups -OCH3 is 2. The number of hydrogen-bond donors (Lipinski definition) is 2. The lowest BCUT2D eigenvalue weighted by Gasteiger charge is -2.45. The van der Waals surface area contributed by atoms with Crippen LogP contribution < -0.4 is 10.2 Å². The zero-order chi connectivity index (χ0) is 22.4. The van der Waals surface area contributed by atoms with Crippen LogP contribution in [0.5, 0.6) is 0 Å². The second-order valence-electron chi connectivity index (χ2n) is 7.58. The average molecular weight is 431 g/mol. The molecule has 0 saturated carbocycles. The average Bonchev–Trinajstić information content (AvgIpc) is 2.79. The van der Waals surface area contributed by atoms with Crippen molar-refractivity contribution in [2.75, 3.05) is 51.8 Å². The number of hydrogen-bond acceptors (Lipinski definition) is 8. The Kier molecular flexibility index (Phi) is 7.59. The summed E-state index contributed by atoms with van der Waals surface area (Å²) in [6.07, 6.45) is 2.39. The van der Waals surface area contributed by atoms with Gasteiger partial charge in [0.25, 0.3) is 0 Å². The molecule has 0 radical (unpaired) electrons. The number of likely N-dealkylation sites (tertiary alicyclic amines) is 1. The molecule has 2 saturated heterocycles. The van der Waals surface area contributed by atoms with Crippen molar-refractivity contribution < 1.29 is 23.9 Å². The smallest absolute Gasteiger partial charge is 0.412 e. The number of esters is 1. The SMILES string of the molecule is COC(=O)CN1CCCCC1N1CCN(c2ccc(C(=N)NC(=O)OC)cc2)C(=O)C1. The molecule has 10 nitrogen and oxygen atoms in total. The van der Waals surface area contributed by atoms with Crippen molar-refractivity contribution in [3.63, 3.8) is 0 Å². The number of alkyl carbamates (subject to hydrolysis) is 1. The fourth-order valence-corrected chi connectivity index (χ4v) is 4.05. The van der Waals surface area contributed by atoms with Crippen molar-refractivity contribution in [1.29, 1.82) is 5.41 Å². The minimum absolute atomic E-state index is 0.00893. The number of nitrogens with one attached hydrogen (secondary N) is 2. The van der Waals surface area contributed by atoms with Crippen molar-refractivity contribution >= 4 is 29.5 Å². The Labute approximate surface area is 181 Å². The number of carbonyl (C=O) groups excluding carboxylic acids is 3. The lowest BCUT2D eigenvalue weighted by molar-refractivity contribution is -0.144. The molecule has 168 valence electrons. The molecule has 1 atom stereocenters. The van der Waals surface area contributed by atoms with Gasteiger partial charge in [-0.05, 0) is 43.5 Å². The van der Waals surface area contributed by atoms with Gasteiger partial charge < -0.3 is 14.4 Å². The molecule has 0 aliphatic carbocycles. The Bertz CT molecular complexity index is 828. The lowest BCUT2D eigenvalue weighted by Crippen LogP contribution is -2.60. The first-order valence-electron chi connectivity index (χ1n) is 10.3. The monoisotopic (exact) mass is 431 g/mol. The summed E-state index contributed by atoms with van der Waals surface area (Å²) in [6.45, 7) is 2.59. The third-order valence-electron chi connectivity index (χ3n) is 5.69. The predicted molar refractivity (Wildman–Crippen MR) is 114 cm³/mol. The highest BCUT2D eigenvalue weighted by Crippen LogP contribution is 2.24. The molecule has 2 fully saturated rings. The molecule has 2 aliphatic heterocycles. The van der Waals surface area contributed by atoms with Crippen molar-refractivity contribution in [1.82, 2.24) is 15.1 Å². The van der Waals surface area contributed by atoms with Crippen LogP contribution >= 0.6 is 0 Å². The molecule has 1 aromatic rings. The second-order valence-corrected chi connectivity index (χ2v) is 7.58. The Morgan fingerprint density at radius 1 is 1.10 bits per heavy atom. The molecule has 3 rings (SSSR count). The maximum Gasteiger partial charge on any atom is 0.412 e. The summed E-state index contributed by atoms with van der Waals surface area (Å²) in [7, 11) is 2.63. The summed E-state index contributed by atoms with van der Waals surface area (Å²) in [5, 5.41) is 10.2. The fraction of sp³-hybridized carbons (Fsp3) is 0.524. The molecular formula is C21H29N5O5. The number of amidine groups is 1. The molecule has 2 aliphatic rings. The highest BCUT2D eigenvalue weighted by molar-refractivity contribution is 6.05. The van der Waals surface area contributed by atoms with E-state index in [9.17, 15) is 14.4 Å². The molecule has 10 heteroatoms. The van der Waals surface area contributed by atoms with Crippen LogP contribution in [0.25, 0.3) is 0 Å². The van der Waals surface area contributed by atoms with E-state index >= 15 is 0 Å². The van der Waals surface area contributed by atoms with E-state index in [0.29, 0.717) is 18.7 Å². The summed E-state index contributed by atoms with van der Waals surface area (Å²) in [5.41, 5.74) is 1.26. The Morgan fingerprint density at radius 2 is 1.84 bits per heavy atom. The number of benzene rings is 1. The third kappa shape index (κ3) is 5.59. The Morgan fingerprint density at radius 3 is 2.48 bits per heavy atom. The lowest BCUT2D eigenvalue weighted by atomic mass is 10.1. The standard InChI is InChI=1S/C21H29N5O5/c1-30-19(28)14-24-10-4-3-5-17(24)25-11-12-26(18(27)13-25)16-8-6-15(7-9-16)20(22)23-21(29)31-2/h6-9,17H,3-5,10-14H2,1-2H3,(H2,22,23,29). The number of nitrogens with zero attached hydrogens (tertiary/aromatic N) is 3. The van der Waals surface area contributed by atoms with Gasteiger partial charge in [-0.3, -0.25) is 30.1 Å². The first-order chi connectivity index (χ1) is 14.9. The van der Waals surface area contributed by atoms with E-state index in [0.717, 1.165) is 31.5 Å². The van der Waals surface area contributed by atoms with Gasteiger partial charge >= 0.3 is 12.1 Å². The topological polar surface area (TPSA) is 115 Å². The van der Waals surface area contributed by atoms with Crippen LogP contribution in [0.15, 0.2) is 24.3 Å². The number of rotatable bonds is 5. The molecule has 31 heavy (non-hydrogen) atoms. The zero-order valence-electron chi connectivity index (χ0n) is 17.9. The number of carbonyl (C=O) groups is 3. The maximum atomic E-state index is 12.9. The van der Waals surface area contributed by atoms with E-state index in [2.05, 4.69) is 19.9 Å². The van der Waals surface area contributed by atoms with Gasteiger partial charge in [-0.1, -0.05) is 0 Å². The quantitative estimate of drug-likeness (QED) is 0.406. The van der Waals surface area contributed by atoms with Gasteiger partial charge in [-0.25, -0.2) is 4.79 Å². The van der Waals surface area contributed by atoms with Gasteiger partial charge in [0.15, 0.2) is 0 Å². The molecule has 1 aromatic carbocycles. The van der Waals surface area contributed by atoms with Crippen molar-refractivity contribution in [2.24, 2.45) is 0 Å². The van der Waals surface area contributed by atoms with Crippen LogP contribution in [0, 0.1) is 5.41 Å². The van der Waals surface area contributed by atoms with Crippen LogP contribution in [0.3, 0.4) is 0 Å². The first kappa shape index (κ1) is 22.7. The van der Waals surface area contributed by atoms with E-state index in [1.54, 1.807) is 29.2 Å². The van der Waals surface area contributed by atoms with Gasteiger partial charge in [0, 0.05) is 30.9 Å². The number of piperidine rings is 1. The van der Waals surface area contributed by atoms with E-state index < -0.39 is 6.09 Å². The molecule has 2 heterocycles. The molecule has 0 bridgehead atoms. The molecule has 0 spiro atoms. The van der Waals surface area contributed by atoms with Crippen LogP contribution in [-0.4, -0.2) is 86.7 Å². The van der Waals surface area contributed by atoms with Gasteiger partial charge in [-0.15, -0.1) is 0 Å². The minimum Gasteiger partial charge on any atom is -0.468 e. The fourth-order valence-electron chi connectivity index (χ4n) is 4.05. The minimum atomic E-state index is -0.704. The summed E-state index contributed by atoms with van der Waals surface area (Å²) in [4.78, 5) is 41.9. The molecular weight excluding hydrogens is 402 g/mol. The highest BCUT2D eigenvalue weighted by Gasteiger charge is 2.34. The van der Waals surface area contributed by atoms with Crippen molar-refractivity contribution in [3.05, 3.63) is 29.8 Å². The molecule has 0 aromatic heterocycles.